The second-order valence-electron chi connectivity index (χ2n) is 6.47. The van der Waals surface area contributed by atoms with E-state index in [2.05, 4.69) is 11.9 Å². The highest BCUT2D eigenvalue weighted by molar-refractivity contribution is 6.01. The molecule has 1 aromatic carbocycles. The second kappa shape index (κ2) is 9.75. The third-order valence-corrected chi connectivity index (χ3v) is 4.01. The lowest BCUT2D eigenvalue weighted by atomic mass is 10.1. The zero-order chi connectivity index (χ0) is 19.8. The molecular weight excluding hydrogens is 348 g/mol. The summed E-state index contributed by atoms with van der Waals surface area (Å²) in [6.45, 7) is 8.73. The molecule has 146 valence electrons. The number of nitrogens with zero attached hydrogens (tertiary/aromatic N) is 1. The van der Waals surface area contributed by atoms with E-state index in [9.17, 15) is 14.4 Å². The SMILES string of the molecule is C=C(C)COc1ccccc1C(=O)N1CCNC(=O)C1CC(=O)OCCC. The van der Waals surface area contributed by atoms with E-state index in [1.807, 2.05) is 13.8 Å². The molecular formula is C20H26N2O5. The summed E-state index contributed by atoms with van der Waals surface area (Å²) < 4.78 is 10.7. The van der Waals surface area contributed by atoms with Gasteiger partial charge < -0.3 is 19.7 Å². The average molecular weight is 374 g/mol. The van der Waals surface area contributed by atoms with Gasteiger partial charge in [-0.05, 0) is 31.1 Å². The van der Waals surface area contributed by atoms with Crippen molar-refractivity contribution in [3.63, 3.8) is 0 Å². The Morgan fingerprint density at radius 1 is 1.33 bits per heavy atom. The number of carbonyl (C=O) groups excluding carboxylic acids is 3. The molecule has 1 aliphatic heterocycles. The summed E-state index contributed by atoms with van der Waals surface area (Å²) in [7, 11) is 0. The van der Waals surface area contributed by atoms with E-state index < -0.39 is 12.0 Å². The summed E-state index contributed by atoms with van der Waals surface area (Å²) in [6.07, 6.45) is 0.519. The van der Waals surface area contributed by atoms with E-state index in [1.165, 1.54) is 4.90 Å². The first kappa shape index (κ1) is 20.5. The van der Waals surface area contributed by atoms with Crippen molar-refractivity contribution in [2.24, 2.45) is 0 Å². The van der Waals surface area contributed by atoms with Gasteiger partial charge in [0.2, 0.25) is 5.91 Å². The largest absolute Gasteiger partial charge is 0.488 e. The van der Waals surface area contributed by atoms with Crippen molar-refractivity contribution in [1.29, 1.82) is 0 Å². The number of amides is 2. The molecule has 2 amide bonds. The molecule has 0 bridgehead atoms. The molecule has 1 atom stereocenters. The molecule has 1 aliphatic rings. The molecule has 0 spiro atoms. The first-order valence-corrected chi connectivity index (χ1v) is 9.04. The van der Waals surface area contributed by atoms with Crippen LogP contribution < -0.4 is 10.1 Å². The van der Waals surface area contributed by atoms with E-state index in [0.717, 1.165) is 5.57 Å². The van der Waals surface area contributed by atoms with E-state index in [4.69, 9.17) is 9.47 Å². The minimum atomic E-state index is -0.898. The van der Waals surface area contributed by atoms with Crippen LogP contribution in [0.2, 0.25) is 0 Å². The number of benzene rings is 1. The molecule has 1 N–H and O–H groups in total. The summed E-state index contributed by atoms with van der Waals surface area (Å²) in [5.74, 6) is -0.786. The Kier molecular flexibility index (Phi) is 7.40. The number of piperazine rings is 1. The molecule has 1 unspecified atom stereocenters. The molecule has 0 saturated carbocycles. The third-order valence-electron chi connectivity index (χ3n) is 4.01. The van der Waals surface area contributed by atoms with Gasteiger partial charge in [0.25, 0.3) is 5.91 Å². The van der Waals surface area contributed by atoms with Gasteiger partial charge in [-0.2, -0.15) is 0 Å². The first-order valence-electron chi connectivity index (χ1n) is 9.04. The fourth-order valence-corrected chi connectivity index (χ4v) is 2.72. The normalized spacial score (nSPS) is 16.4. The van der Waals surface area contributed by atoms with E-state index in [1.54, 1.807) is 24.3 Å². The van der Waals surface area contributed by atoms with Gasteiger partial charge in [-0.25, -0.2) is 0 Å². The van der Waals surface area contributed by atoms with Crippen molar-refractivity contribution >= 4 is 17.8 Å². The van der Waals surface area contributed by atoms with Crippen LogP contribution in [0, 0.1) is 0 Å². The van der Waals surface area contributed by atoms with Crippen molar-refractivity contribution in [3.8, 4) is 5.75 Å². The van der Waals surface area contributed by atoms with Crippen molar-refractivity contribution < 1.29 is 23.9 Å². The Bertz CT molecular complexity index is 716. The summed E-state index contributed by atoms with van der Waals surface area (Å²) in [5.41, 5.74) is 1.17. The van der Waals surface area contributed by atoms with Crippen LogP contribution in [0.1, 0.15) is 37.0 Å². The number of nitrogens with one attached hydrogen (secondary N) is 1. The lowest BCUT2D eigenvalue weighted by Gasteiger charge is -2.34. The highest BCUT2D eigenvalue weighted by Crippen LogP contribution is 2.23. The molecule has 1 fully saturated rings. The van der Waals surface area contributed by atoms with Crippen molar-refractivity contribution in [2.75, 3.05) is 26.3 Å². The molecule has 7 nitrogen and oxygen atoms in total. The molecule has 2 rings (SSSR count). The maximum atomic E-state index is 13.1. The van der Waals surface area contributed by atoms with Gasteiger partial charge >= 0.3 is 5.97 Å². The molecule has 0 aliphatic carbocycles. The fraction of sp³-hybridized carbons (Fsp3) is 0.450. The van der Waals surface area contributed by atoms with Crippen LogP contribution in [-0.4, -0.2) is 55.0 Å². The van der Waals surface area contributed by atoms with Crippen LogP contribution in [0.25, 0.3) is 0 Å². The van der Waals surface area contributed by atoms with Gasteiger partial charge in [0.1, 0.15) is 18.4 Å². The summed E-state index contributed by atoms with van der Waals surface area (Å²) in [6, 6.07) is 5.95. The number of carbonyl (C=O) groups is 3. The number of hydrogen-bond acceptors (Lipinski definition) is 5. The Hall–Kier alpha value is -2.83. The Balaban J connectivity index is 2.20. The van der Waals surface area contributed by atoms with Gasteiger partial charge in [-0.15, -0.1) is 0 Å². The van der Waals surface area contributed by atoms with Gasteiger partial charge in [0.05, 0.1) is 18.6 Å². The van der Waals surface area contributed by atoms with Gasteiger partial charge in [0.15, 0.2) is 0 Å². The molecule has 7 heteroatoms. The van der Waals surface area contributed by atoms with Gasteiger partial charge in [0, 0.05) is 13.1 Å². The number of hydrogen-bond donors (Lipinski definition) is 1. The number of esters is 1. The number of rotatable bonds is 8. The summed E-state index contributed by atoms with van der Waals surface area (Å²) in [5, 5.41) is 2.70. The highest BCUT2D eigenvalue weighted by atomic mass is 16.5. The molecule has 0 aromatic heterocycles. The molecule has 1 aromatic rings. The third kappa shape index (κ3) is 5.57. The molecule has 1 saturated heterocycles. The zero-order valence-electron chi connectivity index (χ0n) is 15.8. The van der Waals surface area contributed by atoms with Crippen LogP contribution in [0.15, 0.2) is 36.4 Å². The van der Waals surface area contributed by atoms with Crippen molar-refractivity contribution in [1.82, 2.24) is 10.2 Å². The maximum absolute atomic E-state index is 13.1. The van der Waals surface area contributed by atoms with Crippen molar-refractivity contribution in [3.05, 3.63) is 42.0 Å². The average Bonchev–Trinajstić information content (AvgIpc) is 2.66. The van der Waals surface area contributed by atoms with E-state index >= 15 is 0 Å². The van der Waals surface area contributed by atoms with Crippen LogP contribution in [0.3, 0.4) is 0 Å². The van der Waals surface area contributed by atoms with Crippen LogP contribution in [-0.2, 0) is 14.3 Å². The summed E-state index contributed by atoms with van der Waals surface area (Å²) >= 11 is 0. The standard InChI is InChI=1S/C20H26N2O5/c1-4-11-26-18(23)12-16-19(24)21-9-10-22(16)20(25)15-7-5-6-8-17(15)27-13-14(2)3/h5-8,16H,2,4,9-13H2,1,3H3,(H,21,24). The van der Waals surface area contributed by atoms with Crippen LogP contribution >= 0.6 is 0 Å². The monoisotopic (exact) mass is 374 g/mol. The Morgan fingerprint density at radius 3 is 2.78 bits per heavy atom. The first-order chi connectivity index (χ1) is 12.9. The predicted octanol–water partition coefficient (Wildman–Crippen LogP) is 1.93. The highest BCUT2D eigenvalue weighted by Gasteiger charge is 2.36. The minimum absolute atomic E-state index is 0.174. The predicted molar refractivity (Wildman–Crippen MR) is 100 cm³/mol. The second-order valence-corrected chi connectivity index (χ2v) is 6.47. The van der Waals surface area contributed by atoms with Gasteiger partial charge in [-0.3, -0.25) is 14.4 Å². The summed E-state index contributed by atoms with van der Waals surface area (Å²) in [4.78, 5) is 38.8. The topological polar surface area (TPSA) is 84.9 Å². The zero-order valence-corrected chi connectivity index (χ0v) is 15.8. The maximum Gasteiger partial charge on any atom is 0.308 e. The smallest absolute Gasteiger partial charge is 0.308 e. The number of ether oxygens (including phenoxy) is 2. The fourth-order valence-electron chi connectivity index (χ4n) is 2.72. The molecule has 27 heavy (non-hydrogen) atoms. The Morgan fingerprint density at radius 2 is 2.07 bits per heavy atom. The Labute approximate surface area is 159 Å². The van der Waals surface area contributed by atoms with Crippen LogP contribution in [0.4, 0.5) is 0 Å². The van der Waals surface area contributed by atoms with Gasteiger partial charge in [-0.1, -0.05) is 25.6 Å². The van der Waals surface area contributed by atoms with Crippen molar-refractivity contribution in [2.45, 2.75) is 32.7 Å². The minimum Gasteiger partial charge on any atom is -0.488 e. The lowest BCUT2D eigenvalue weighted by molar-refractivity contribution is -0.147. The lowest BCUT2D eigenvalue weighted by Crippen LogP contribution is -2.57. The van der Waals surface area contributed by atoms with E-state index in [-0.39, 0.29) is 24.8 Å². The molecule has 0 radical (unpaired) electrons. The molecule has 1 heterocycles. The number of para-hydroxylation sites is 1. The van der Waals surface area contributed by atoms with E-state index in [0.29, 0.717) is 37.4 Å². The quantitative estimate of drug-likeness (QED) is 0.555. The van der Waals surface area contributed by atoms with Crippen LogP contribution in [0.5, 0.6) is 5.75 Å².